The minimum absolute atomic E-state index is 0.252. The van der Waals surface area contributed by atoms with E-state index in [1.54, 1.807) is 18.4 Å². The van der Waals surface area contributed by atoms with Gasteiger partial charge < -0.3 is 14.2 Å². The lowest BCUT2D eigenvalue weighted by Crippen LogP contribution is -2.23. The number of nitrogens with zero attached hydrogens (tertiary/aromatic N) is 1. The van der Waals surface area contributed by atoms with Crippen LogP contribution in [0.3, 0.4) is 0 Å². The van der Waals surface area contributed by atoms with Gasteiger partial charge in [-0.05, 0) is 36.4 Å². The minimum Gasteiger partial charge on any atom is -0.467 e. The summed E-state index contributed by atoms with van der Waals surface area (Å²) in [4.78, 5) is 17.2. The second kappa shape index (κ2) is 6.70. The molecule has 0 spiro atoms. The number of carbonyl (C=O) groups excluding carboxylic acids is 1. The topological polar surface area (TPSA) is 68.3 Å². The van der Waals surface area contributed by atoms with Crippen LogP contribution in [0, 0.1) is 0 Å². The number of furan rings is 2. The van der Waals surface area contributed by atoms with Crippen molar-refractivity contribution < 1.29 is 13.6 Å². The molecular formula is C23H16N2O3. The van der Waals surface area contributed by atoms with E-state index < -0.39 is 0 Å². The molecule has 5 aromatic rings. The second-order valence-corrected chi connectivity index (χ2v) is 6.48. The number of rotatable bonds is 4. The standard InChI is InChI=1S/C23H16N2O3/c26-23(24-14-17-7-4-12-27-17)19-11-10-15-6-3-8-18(22(15)25-19)21-13-16-5-1-2-9-20(16)28-21/h1-13H,14H2,(H,24,26). The summed E-state index contributed by atoms with van der Waals surface area (Å²) in [6, 6.07) is 23.0. The van der Waals surface area contributed by atoms with Crippen molar-refractivity contribution in [2.75, 3.05) is 0 Å². The Labute approximate surface area is 160 Å². The highest BCUT2D eigenvalue weighted by atomic mass is 16.3. The summed E-state index contributed by atoms with van der Waals surface area (Å²) in [5.41, 5.74) is 2.76. The van der Waals surface area contributed by atoms with Gasteiger partial charge in [0, 0.05) is 16.3 Å². The zero-order valence-electron chi connectivity index (χ0n) is 14.9. The summed E-state index contributed by atoms with van der Waals surface area (Å²) in [7, 11) is 0. The van der Waals surface area contributed by atoms with Gasteiger partial charge in [-0.25, -0.2) is 4.98 Å². The molecule has 28 heavy (non-hydrogen) atoms. The van der Waals surface area contributed by atoms with E-state index in [1.807, 2.05) is 60.7 Å². The molecule has 0 radical (unpaired) electrons. The van der Waals surface area contributed by atoms with Crippen LogP contribution < -0.4 is 5.32 Å². The lowest BCUT2D eigenvalue weighted by Gasteiger charge is -2.07. The van der Waals surface area contributed by atoms with Gasteiger partial charge in [-0.15, -0.1) is 0 Å². The summed E-state index contributed by atoms with van der Waals surface area (Å²) < 4.78 is 11.3. The molecular weight excluding hydrogens is 352 g/mol. The molecule has 5 nitrogen and oxygen atoms in total. The van der Waals surface area contributed by atoms with Gasteiger partial charge in [0.25, 0.3) is 5.91 Å². The van der Waals surface area contributed by atoms with E-state index in [1.165, 1.54) is 0 Å². The molecule has 5 heteroatoms. The number of carbonyl (C=O) groups is 1. The summed E-state index contributed by atoms with van der Waals surface area (Å²) in [5.74, 6) is 1.17. The van der Waals surface area contributed by atoms with Gasteiger partial charge >= 0.3 is 0 Å². The zero-order valence-corrected chi connectivity index (χ0v) is 14.9. The monoisotopic (exact) mass is 368 g/mol. The molecule has 0 aliphatic carbocycles. The first kappa shape index (κ1) is 16.3. The highest BCUT2D eigenvalue weighted by Crippen LogP contribution is 2.32. The summed E-state index contributed by atoms with van der Waals surface area (Å²) in [6.07, 6.45) is 1.58. The predicted octanol–water partition coefficient (Wildman–Crippen LogP) is 5.17. The lowest BCUT2D eigenvalue weighted by molar-refractivity contribution is 0.0943. The molecule has 0 bridgehead atoms. The van der Waals surface area contributed by atoms with Gasteiger partial charge in [-0.2, -0.15) is 0 Å². The first-order valence-corrected chi connectivity index (χ1v) is 8.97. The van der Waals surface area contributed by atoms with Crippen LogP contribution in [0.25, 0.3) is 33.2 Å². The number of hydrogen-bond donors (Lipinski definition) is 1. The van der Waals surface area contributed by atoms with E-state index in [-0.39, 0.29) is 5.91 Å². The fourth-order valence-corrected chi connectivity index (χ4v) is 3.26. The Hall–Kier alpha value is -3.86. The van der Waals surface area contributed by atoms with E-state index in [9.17, 15) is 4.79 Å². The molecule has 3 aromatic heterocycles. The number of amides is 1. The average Bonchev–Trinajstić information content (AvgIpc) is 3.40. The molecule has 0 aliphatic rings. The molecule has 3 heterocycles. The molecule has 0 aliphatic heterocycles. The molecule has 1 N–H and O–H groups in total. The molecule has 136 valence electrons. The number of para-hydroxylation sites is 2. The van der Waals surface area contributed by atoms with Crippen molar-refractivity contribution in [3.8, 4) is 11.3 Å². The van der Waals surface area contributed by atoms with Crippen LogP contribution in [0.2, 0.25) is 0 Å². The first-order chi connectivity index (χ1) is 13.8. The molecule has 5 rings (SSSR count). The van der Waals surface area contributed by atoms with E-state index in [4.69, 9.17) is 8.83 Å². The Morgan fingerprint density at radius 3 is 2.68 bits per heavy atom. The van der Waals surface area contributed by atoms with Crippen LogP contribution in [0.15, 0.2) is 87.9 Å². The number of nitrogens with one attached hydrogen (secondary N) is 1. The van der Waals surface area contributed by atoms with Crippen molar-refractivity contribution in [3.05, 3.63) is 90.5 Å². The first-order valence-electron chi connectivity index (χ1n) is 8.97. The number of hydrogen-bond acceptors (Lipinski definition) is 4. The highest BCUT2D eigenvalue weighted by molar-refractivity contribution is 5.99. The van der Waals surface area contributed by atoms with Crippen LogP contribution in [0.4, 0.5) is 0 Å². The Balaban J connectivity index is 1.53. The molecule has 0 unspecified atom stereocenters. The van der Waals surface area contributed by atoms with Gasteiger partial charge in [0.15, 0.2) is 0 Å². The Morgan fingerprint density at radius 2 is 1.82 bits per heavy atom. The normalized spacial score (nSPS) is 11.1. The van der Waals surface area contributed by atoms with Crippen molar-refractivity contribution in [2.24, 2.45) is 0 Å². The van der Waals surface area contributed by atoms with Gasteiger partial charge in [0.05, 0.1) is 18.3 Å². The highest BCUT2D eigenvalue weighted by Gasteiger charge is 2.14. The van der Waals surface area contributed by atoms with Gasteiger partial charge in [0.2, 0.25) is 0 Å². The maximum atomic E-state index is 12.5. The van der Waals surface area contributed by atoms with Gasteiger partial charge in [0.1, 0.15) is 22.8 Å². The van der Waals surface area contributed by atoms with Crippen LogP contribution in [-0.4, -0.2) is 10.9 Å². The molecule has 1 amide bonds. The fraction of sp³-hybridized carbons (Fsp3) is 0.0435. The second-order valence-electron chi connectivity index (χ2n) is 6.48. The summed E-state index contributed by atoms with van der Waals surface area (Å²) >= 11 is 0. The van der Waals surface area contributed by atoms with E-state index in [2.05, 4.69) is 10.3 Å². The third-order valence-electron chi connectivity index (χ3n) is 4.65. The maximum absolute atomic E-state index is 12.5. The van der Waals surface area contributed by atoms with Crippen molar-refractivity contribution >= 4 is 27.8 Å². The Kier molecular flexibility index (Phi) is 3.91. The predicted molar refractivity (Wildman–Crippen MR) is 107 cm³/mol. The largest absolute Gasteiger partial charge is 0.467 e. The average molecular weight is 368 g/mol. The van der Waals surface area contributed by atoms with Crippen LogP contribution in [0.1, 0.15) is 16.2 Å². The zero-order chi connectivity index (χ0) is 18.9. The van der Waals surface area contributed by atoms with Crippen LogP contribution >= 0.6 is 0 Å². The molecule has 2 aromatic carbocycles. The van der Waals surface area contributed by atoms with Crippen molar-refractivity contribution in [1.82, 2.24) is 10.3 Å². The van der Waals surface area contributed by atoms with Crippen molar-refractivity contribution in [2.45, 2.75) is 6.54 Å². The van der Waals surface area contributed by atoms with E-state index >= 15 is 0 Å². The van der Waals surface area contributed by atoms with Gasteiger partial charge in [-0.3, -0.25) is 4.79 Å². The van der Waals surface area contributed by atoms with Crippen molar-refractivity contribution in [1.29, 1.82) is 0 Å². The summed E-state index contributed by atoms with van der Waals surface area (Å²) in [5, 5.41) is 4.80. The SMILES string of the molecule is O=C(NCc1ccco1)c1ccc2cccc(-c3cc4ccccc4o3)c2n1. The van der Waals surface area contributed by atoms with Crippen LogP contribution in [0.5, 0.6) is 0 Å². The number of benzene rings is 2. The lowest BCUT2D eigenvalue weighted by atomic mass is 10.1. The third kappa shape index (κ3) is 2.93. The van der Waals surface area contributed by atoms with E-state index in [0.29, 0.717) is 18.0 Å². The minimum atomic E-state index is -0.252. The maximum Gasteiger partial charge on any atom is 0.270 e. The van der Waals surface area contributed by atoms with E-state index in [0.717, 1.165) is 33.2 Å². The van der Waals surface area contributed by atoms with Crippen LogP contribution in [-0.2, 0) is 6.54 Å². The summed E-state index contributed by atoms with van der Waals surface area (Å²) in [6.45, 7) is 0.316. The molecule has 0 saturated heterocycles. The quantitative estimate of drug-likeness (QED) is 0.475. The Morgan fingerprint density at radius 1 is 0.929 bits per heavy atom. The molecule has 0 saturated carbocycles. The Bertz CT molecular complexity index is 1250. The van der Waals surface area contributed by atoms with Gasteiger partial charge in [-0.1, -0.05) is 36.4 Å². The molecule has 0 fully saturated rings. The van der Waals surface area contributed by atoms with Crippen molar-refractivity contribution in [3.63, 3.8) is 0 Å². The molecule has 0 atom stereocenters. The third-order valence-corrected chi connectivity index (χ3v) is 4.65. The number of aromatic nitrogens is 1. The number of fused-ring (bicyclic) bond motifs is 2. The number of pyridine rings is 1. The fourth-order valence-electron chi connectivity index (χ4n) is 3.26. The smallest absolute Gasteiger partial charge is 0.270 e.